The molecule has 0 aliphatic rings. The first kappa shape index (κ1) is 17.1. The maximum Gasteiger partial charge on any atom is 0.251 e. The van der Waals surface area contributed by atoms with Gasteiger partial charge in [-0.3, -0.25) is 4.79 Å². The highest BCUT2D eigenvalue weighted by molar-refractivity contribution is 5.94. The lowest BCUT2D eigenvalue weighted by Gasteiger charge is -2.09. The van der Waals surface area contributed by atoms with Gasteiger partial charge in [0.1, 0.15) is 5.75 Å². The maximum atomic E-state index is 12.0. The Morgan fingerprint density at radius 2 is 2.09 bits per heavy atom. The summed E-state index contributed by atoms with van der Waals surface area (Å²) in [5.41, 5.74) is 0.656. The van der Waals surface area contributed by atoms with Gasteiger partial charge < -0.3 is 14.6 Å². The summed E-state index contributed by atoms with van der Waals surface area (Å²) in [5.74, 6) is 1.38. The molecule has 124 valence electrons. The molecule has 0 saturated heterocycles. The lowest BCUT2D eigenvalue weighted by atomic mass is 10.1. The van der Waals surface area contributed by atoms with Gasteiger partial charge >= 0.3 is 0 Å². The molecule has 1 heterocycles. The summed E-state index contributed by atoms with van der Waals surface area (Å²) in [6.45, 7) is 6.54. The standard InChI is InChI=1S/C18H25N3O2/c1-15(2)8-13-23-17-6-4-16(5-7-17)18(22)20-9-3-11-21-12-10-19-14-21/h4-7,10,12,14-15H,3,8-9,11,13H2,1-2H3,(H,20,22). The Labute approximate surface area is 137 Å². The number of hydrogen-bond donors (Lipinski definition) is 1. The van der Waals surface area contributed by atoms with E-state index in [0.717, 1.165) is 25.1 Å². The Hall–Kier alpha value is -2.30. The van der Waals surface area contributed by atoms with Crippen molar-refractivity contribution in [3.05, 3.63) is 48.5 Å². The lowest BCUT2D eigenvalue weighted by molar-refractivity contribution is 0.0952. The van der Waals surface area contributed by atoms with Crippen LogP contribution in [0.4, 0.5) is 0 Å². The number of carbonyl (C=O) groups is 1. The Morgan fingerprint density at radius 1 is 1.30 bits per heavy atom. The molecular weight excluding hydrogens is 290 g/mol. The molecule has 0 radical (unpaired) electrons. The molecule has 0 unspecified atom stereocenters. The van der Waals surface area contributed by atoms with Gasteiger partial charge in [-0.15, -0.1) is 0 Å². The zero-order valence-corrected chi connectivity index (χ0v) is 13.9. The monoisotopic (exact) mass is 315 g/mol. The van der Waals surface area contributed by atoms with Gasteiger partial charge in [-0.2, -0.15) is 0 Å². The zero-order chi connectivity index (χ0) is 16.5. The molecule has 0 fully saturated rings. The van der Waals surface area contributed by atoms with Crippen molar-refractivity contribution in [1.82, 2.24) is 14.9 Å². The Kier molecular flexibility index (Phi) is 6.66. The maximum absolute atomic E-state index is 12.0. The minimum atomic E-state index is -0.0515. The highest BCUT2D eigenvalue weighted by Gasteiger charge is 2.05. The van der Waals surface area contributed by atoms with Crippen LogP contribution in [-0.2, 0) is 6.54 Å². The number of amides is 1. The van der Waals surface area contributed by atoms with Gasteiger partial charge in [-0.05, 0) is 43.0 Å². The largest absolute Gasteiger partial charge is 0.494 e. The molecule has 0 spiro atoms. The van der Waals surface area contributed by atoms with Crippen molar-refractivity contribution in [2.45, 2.75) is 33.2 Å². The van der Waals surface area contributed by atoms with Crippen LogP contribution in [0.5, 0.6) is 5.75 Å². The number of hydrogen-bond acceptors (Lipinski definition) is 3. The van der Waals surface area contributed by atoms with Crippen molar-refractivity contribution in [3.8, 4) is 5.75 Å². The Balaban J connectivity index is 1.69. The van der Waals surface area contributed by atoms with E-state index < -0.39 is 0 Å². The predicted octanol–water partition coefficient (Wildman–Crippen LogP) is 3.13. The number of carbonyl (C=O) groups excluding carboxylic acids is 1. The molecule has 23 heavy (non-hydrogen) atoms. The second-order valence-electron chi connectivity index (χ2n) is 5.97. The molecule has 2 aromatic rings. The minimum Gasteiger partial charge on any atom is -0.494 e. The van der Waals surface area contributed by atoms with Crippen molar-refractivity contribution in [2.75, 3.05) is 13.2 Å². The lowest BCUT2D eigenvalue weighted by Crippen LogP contribution is -2.25. The SMILES string of the molecule is CC(C)CCOc1ccc(C(=O)NCCCn2ccnc2)cc1. The van der Waals surface area contributed by atoms with E-state index in [9.17, 15) is 4.79 Å². The topological polar surface area (TPSA) is 56.1 Å². The molecule has 0 aliphatic heterocycles. The highest BCUT2D eigenvalue weighted by Crippen LogP contribution is 2.13. The van der Waals surface area contributed by atoms with Gasteiger partial charge in [-0.25, -0.2) is 4.98 Å². The van der Waals surface area contributed by atoms with E-state index in [4.69, 9.17) is 4.74 Å². The predicted molar refractivity (Wildman–Crippen MR) is 90.6 cm³/mol. The first-order valence-corrected chi connectivity index (χ1v) is 8.12. The second kappa shape index (κ2) is 8.98. The zero-order valence-electron chi connectivity index (χ0n) is 13.9. The number of nitrogens with zero attached hydrogens (tertiary/aromatic N) is 2. The molecule has 1 amide bonds. The third-order valence-corrected chi connectivity index (χ3v) is 3.52. The van der Waals surface area contributed by atoms with Crippen LogP contribution >= 0.6 is 0 Å². The summed E-state index contributed by atoms with van der Waals surface area (Å²) in [4.78, 5) is 16.0. The Morgan fingerprint density at radius 3 is 2.74 bits per heavy atom. The fourth-order valence-electron chi connectivity index (χ4n) is 2.10. The van der Waals surface area contributed by atoms with Crippen molar-refractivity contribution in [1.29, 1.82) is 0 Å². The fourth-order valence-corrected chi connectivity index (χ4v) is 2.10. The first-order chi connectivity index (χ1) is 11.1. The molecule has 5 nitrogen and oxygen atoms in total. The molecule has 0 atom stereocenters. The molecule has 5 heteroatoms. The summed E-state index contributed by atoms with van der Waals surface area (Å²) in [7, 11) is 0. The van der Waals surface area contributed by atoms with Crippen LogP contribution in [0.25, 0.3) is 0 Å². The third kappa shape index (κ3) is 6.14. The van der Waals surface area contributed by atoms with Crippen LogP contribution in [0.3, 0.4) is 0 Å². The number of rotatable bonds is 9. The minimum absolute atomic E-state index is 0.0515. The van der Waals surface area contributed by atoms with E-state index in [0.29, 0.717) is 24.6 Å². The summed E-state index contributed by atoms with van der Waals surface area (Å²) in [6.07, 6.45) is 7.35. The average molecular weight is 315 g/mol. The van der Waals surface area contributed by atoms with Crippen LogP contribution < -0.4 is 10.1 Å². The van der Waals surface area contributed by atoms with E-state index in [1.54, 1.807) is 24.7 Å². The van der Waals surface area contributed by atoms with Gasteiger partial charge in [-0.1, -0.05) is 13.8 Å². The Bertz CT molecular complexity index is 577. The van der Waals surface area contributed by atoms with E-state index in [1.807, 2.05) is 22.9 Å². The number of aromatic nitrogens is 2. The summed E-state index contributed by atoms with van der Waals surface area (Å²) in [5, 5.41) is 2.93. The third-order valence-electron chi connectivity index (χ3n) is 3.52. The quantitative estimate of drug-likeness (QED) is 0.723. The van der Waals surface area contributed by atoms with Crippen LogP contribution in [-0.4, -0.2) is 28.6 Å². The van der Waals surface area contributed by atoms with Crippen LogP contribution in [0.2, 0.25) is 0 Å². The molecule has 0 aliphatic carbocycles. The number of benzene rings is 1. The molecule has 1 N–H and O–H groups in total. The van der Waals surface area contributed by atoms with Crippen LogP contribution in [0.1, 0.15) is 37.0 Å². The number of imidazole rings is 1. The van der Waals surface area contributed by atoms with E-state index >= 15 is 0 Å². The second-order valence-corrected chi connectivity index (χ2v) is 5.97. The van der Waals surface area contributed by atoms with Gasteiger partial charge in [0.25, 0.3) is 5.91 Å². The fraction of sp³-hybridized carbons (Fsp3) is 0.444. The summed E-state index contributed by atoms with van der Waals surface area (Å²) >= 11 is 0. The summed E-state index contributed by atoms with van der Waals surface area (Å²) < 4.78 is 7.65. The first-order valence-electron chi connectivity index (χ1n) is 8.12. The van der Waals surface area contributed by atoms with E-state index in [1.165, 1.54) is 0 Å². The number of ether oxygens (including phenoxy) is 1. The molecule has 0 saturated carbocycles. The van der Waals surface area contributed by atoms with Crippen molar-refractivity contribution in [3.63, 3.8) is 0 Å². The molecule has 0 bridgehead atoms. The van der Waals surface area contributed by atoms with Crippen LogP contribution in [0, 0.1) is 5.92 Å². The normalized spacial score (nSPS) is 10.7. The van der Waals surface area contributed by atoms with Gasteiger partial charge in [0.05, 0.1) is 12.9 Å². The highest BCUT2D eigenvalue weighted by atomic mass is 16.5. The van der Waals surface area contributed by atoms with Crippen molar-refractivity contribution >= 4 is 5.91 Å². The van der Waals surface area contributed by atoms with Crippen molar-refractivity contribution < 1.29 is 9.53 Å². The smallest absolute Gasteiger partial charge is 0.251 e. The number of aryl methyl sites for hydroxylation is 1. The number of nitrogens with one attached hydrogen (secondary N) is 1. The molecule has 1 aromatic carbocycles. The molecule has 2 rings (SSSR count). The van der Waals surface area contributed by atoms with Gasteiger partial charge in [0.2, 0.25) is 0 Å². The molecule has 1 aromatic heterocycles. The molecular formula is C18H25N3O2. The average Bonchev–Trinajstić information content (AvgIpc) is 3.05. The van der Waals surface area contributed by atoms with Gasteiger partial charge in [0, 0.05) is 31.0 Å². The summed E-state index contributed by atoms with van der Waals surface area (Å²) in [6, 6.07) is 7.30. The van der Waals surface area contributed by atoms with Crippen molar-refractivity contribution in [2.24, 2.45) is 5.92 Å². The van der Waals surface area contributed by atoms with E-state index in [2.05, 4.69) is 24.1 Å². The van der Waals surface area contributed by atoms with Crippen LogP contribution in [0.15, 0.2) is 43.0 Å². The van der Waals surface area contributed by atoms with Gasteiger partial charge in [0.15, 0.2) is 0 Å². The van der Waals surface area contributed by atoms with E-state index in [-0.39, 0.29) is 5.91 Å².